The average molecular weight is 420 g/mol. The van der Waals surface area contributed by atoms with Crippen LogP contribution in [0.5, 0.6) is 5.75 Å². The van der Waals surface area contributed by atoms with Crippen LogP contribution in [0.1, 0.15) is 31.1 Å². The molecule has 0 heterocycles. The van der Waals surface area contributed by atoms with E-state index in [4.69, 9.17) is 9.47 Å². The van der Waals surface area contributed by atoms with Crippen molar-refractivity contribution in [2.45, 2.75) is 31.8 Å². The van der Waals surface area contributed by atoms with Crippen LogP contribution in [0.15, 0.2) is 53.4 Å². The van der Waals surface area contributed by atoms with Crippen LogP contribution in [0.2, 0.25) is 0 Å². The van der Waals surface area contributed by atoms with E-state index in [1.165, 1.54) is 31.2 Å². The molecule has 0 radical (unpaired) electrons. The van der Waals surface area contributed by atoms with Gasteiger partial charge in [-0.3, -0.25) is 9.52 Å². The third-order valence-corrected chi connectivity index (χ3v) is 5.22. The second kappa shape index (κ2) is 9.92. The summed E-state index contributed by atoms with van der Waals surface area (Å²) in [6.07, 6.45) is -0.952. The number of benzene rings is 2. The van der Waals surface area contributed by atoms with E-state index in [0.717, 1.165) is 0 Å². The minimum Gasteiger partial charge on any atom is -0.494 e. The SMILES string of the molecule is CCNC(=O)[C@H](C)OC(=O)c1ccc(S(=O)(=O)Nc2ccc(OCC)cc2)cc1. The molecular formula is C20H24N2O6S. The topological polar surface area (TPSA) is 111 Å². The monoisotopic (exact) mass is 420 g/mol. The molecule has 29 heavy (non-hydrogen) atoms. The number of esters is 1. The molecule has 1 atom stereocenters. The van der Waals surface area contributed by atoms with Crippen LogP contribution in [-0.2, 0) is 19.6 Å². The molecule has 0 spiro atoms. The molecule has 2 aromatic rings. The number of amides is 1. The van der Waals surface area contributed by atoms with Crippen molar-refractivity contribution in [3.05, 3.63) is 54.1 Å². The van der Waals surface area contributed by atoms with E-state index in [2.05, 4.69) is 10.0 Å². The first kappa shape index (κ1) is 22.2. The van der Waals surface area contributed by atoms with Gasteiger partial charge >= 0.3 is 5.97 Å². The van der Waals surface area contributed by atoms with Crippen LogP contribution in [0.4, 0.5) is 5.69 Å². The molecule has 0 unspecified atom stereocenters. The molecule has 0 saturated heterocycles. The second-order valence-electron chi connectivity index (χ2n) is 6.03. The zero-order valence-electron chi connectivity index (χ0n) is 16.5. The molecule has 156 valence electrons. The number of carbonyl (C=O) groups is 2. The van der Waals surface area contributed by atoms with Gasteiger partial charge in [0.25, 0.3) is 15.9 Å². The van der Waals surface area contributed by atoms with Crippen molar-refractivity contribution in [3.63, 3.8) is 0 Å². The third kappa shape index (κ3) is 6.21. The molecule has 0 aliphatic heterocycles. The van der Waals surface area contributed by atoms with Gasteiger partial charge in [-0.15, -0.1) is 0 Å². The highest BCUT2D eigenvalue weighted by Crippen LogP contribution is 2.20. The highest BCUT2D eigenvalue weighted by Gasteiger charge is 2.20. The van der Waals surface area contributed by atoms with Crippen LogP contribution in [0.3, 0.4) is 0 Å². The first-order valence-electron chi connectivity index (χ1n) is 9.11. The summed E-state index contributed by atoms with van der Waals surface area (Å²) in [6.45, 7) is 6.02. The minimum absolute atomic E-state index is 0.0142. The smallest absolute Gasteiger partial charge is 0.338 e. The molecule has 2 rings (SSSR count). The molecule has 0 bridgehead atoms. The quantitative estimate of drug-likeness (QED) is 0.603. The molecule has 0 aromatic heterocycles. The van der Waals surface area contributed by atoms with Gasteiger partial charge in [-0.05, 0) is 69.3 Å². The Morgan fingerprint density at radius 1 is 1.00 bits per heavy atom. The highest BCUT2D eigenvalue weighted by atomic mass is 32.2. The lowest BCUT2D eigenvalue weighted by molar-refractivity contribution is -0.128. The summed E-state index contributed by atoms with van der Waals surface area (Å²) >= 11 is 0. The largest absolute Gasteiger partial charge is 0.494 e. The van der Waals surface area contributed by atoms with E-state index < -0.39 is 28.0 Å². The summed E-state index contributed by atoms with van der Waals surface area (Å²) in [5.41, 5.74) is 0.522. The Labute approximate surface area is 170 Å². The lowest BCUT2D eigenvalue weighted by Gasteiger charge is -2.13. The zero-order chi connectivity index (χ0) is 21.4. The predicted molar refractivity (Wildman–Crippen MR) is 108 cm³/mol. The third-order valence-electron chi connectivity index (χ3n) is 3.82. The number of hydrogen-bond donors (Lipinski definition) is 2. The molecule has 0 aliphatic carbocycles. The van der Waals surface area contributed by atoms with Crippen molar-refractivity contribution >= 4 is 27.6 Å². The van der Waals surface area contributed by atoms with Crippen LogP contribution >= 0.6 is 0 Å². The summed E-state index contributed by atoms with van der Waals surface area (Å²) in [7, 11) is -3.83. The first-order chi connectivity index (χ1) is 13.8. The molecule has 0 aliphatic rings. The van der Waals surface area contributed by atoms with Gasteiger partial charge in [0.15, 0.2) is 6.10 Å². The summed E-state index contributed by atoms with van der Waals surface area (Å²) in [6, 6.07) is 11.8. The standard InChI is InChI=1S/C20H24N2O6S/c1-4-21-19(23)14(3)28-20(24)15-6-12-18(13-7-15)29(25,26)22-16-8-10-17(11-9-16)27-5-2/h6-14,22H,4-5H2,1-3H3,(H,21,23)/t14-/m0/s1. The summed E-state index contributed by atoms with van der Waals surface area (Å²) in [5.74, 6) is -0.480. The molecule has 8 nitrogen and oxygen atoms in total. The highest BCUT2D eigenvalue weighted by molar-refractivity contribution is 7.92. The maximum Gasteiger partial charge on any atom is 0.338 e. The number of ether oxygens (including phenoxy) is 2. The fourth-order valence-corrected chi connectivity index (χ4v) is 3.43. The maximum absolute atomic E-state index is 12.5. The van der Waals surface area contributed by atoms with E-state index >= 15 is 0 Å². The van der Waals surface area contributed by atoms with Crippen LogP contribution < -0.4 is 14.8 Å². The Morgan fingerprint density at radius 3 is 2.17 bits per heavy atom. The number of rotatable bonds is 9. The van der Waals surface area contributed by atoms with Gasteiger partial charge < -0.3 is 14.8 Å². The lowest BCUT2D eigenvalue weighted by Crippen LogP contribution is -2.35. The van der Waals surface area contributed by atoms with Crippen molar-refractivity contribution in [3.8, 4) is 5.75 Å². The molecule has 9 heteroatoms. The average Bonchev–Trinajstić information content (AvgIpc) is 2.69. The number of sulfonamides is 1. The number of likely N-dealkylation sites (N-methyl/N-ethyl adjacent to an activating group) is 1. The lowest BCUT2D eigenvalue weighted by atomic mass is 10.2. The van der Waals surface area contributed by atoms with E-state index in [1.807, 2.05) is 6.92 Å². The van der Waals surface area contributed by atoms with Gasteiger partial charge in [0.05, 0.1) is 17.1 Å². The van der Waals surface area contributed by atoms with E-state index in [9.17, 15) is 18.0 Å². The minimum atomic E-state index is -3.83. The fraction of sp³-hybridized carbons (Fsp3) is 0.300. The Morgan fingerprint density at radius 2 is 1.62 bits per heavy atom. The molecule has 0 saturated carbocycles. The van der Waals surface area contributed by atoms with Gasteiger partial charge in [0, 0.05) is 12.2 Å². The first-order valence-corrected chi connectivity index (χ1v) is 10.6. The summed E-state index contributed by atoms with van der Waals surface area (Å²) in [4.78, 5) is 23.8. The number of anilines is 1. The van der Waals surface area contributed by atoms with Gasteiger partial charge in [-0.1, -0.05) is 0 Å². The van der Waals surface area contributed by atoms with Gasteiger partial charge in [-0.25, -0.2) is 13.2 Å². The van der Waals surface area contributed by atoms with Crippen molar-refractivity contribution in [2.24, 2.45) is 0 Å². The van der Waals surface area contributed by atoms with Crippen molar-refractivity contribution in [1.29, 1.82) is 0 Å². The number of nitrogens with one attached hydrogen (secondary N) is 2. The Hall–Kier alpha value is -3.07. The Balaban J connectivity index is 2.05. The molecule has 1 amide bonds. The van der Waals surface area contributed by atoms with Crippen LogP contribution in [0, 0.1) is 0 Å². The fourth-order valence-electron chi connectivity index (χ4n) is 2.37. The summed E-state index contributed by atoms with van der Waals surface area (Å²) < 4.78 is 37.9. The second-order valence-corrected chi connectivity index (χ2v) is 7.71. The van der Waals surface area contributed by atoms with Crippen molar-refractivity contribution in [1.82, 2.24) is 5.32 Å². The van der Waals surface area contributed by atoms with E-state index in [0.29, 0.717) is 24.6 Å². The van der Waals surface area contributed by atoms with E-state index in [-0.39, 0.29) is 10.5 Å². The van der Waals surface area contributed by atoms with Gasteiger partial charge in [0.1, 0.15) is 5.75 Å². The normalized spacial score (nSPS) is 12.0. The molecule has 2 aromatic carbocycles. The molecular weight excluding hydrogens is 396 g/mol. The zero-order valence-corrected chi connectivity index (χ0v) is 17.3. The van der Waals surface area contributed by atoms with Crippen molar-refractivity contribution < 1.29 is 27.5 Å². The number of carbonyl (C=O) groups excluding carboxylic acids is 2. The van der Waals surface area contributed by atoms with Crippen LogP contribution in [-0.4, -0.2) is 39.5 Å². The molecule has 2 N–H and O–H groups in total. The van der Waals surface area contributed by atoms with Crippen LogP contribution in [0.25, 0.3) is 0 Å². The Bertz CT molecular complexity index is 940. The Kier molecular flexibility index (Phi) is 7.60. The van der Waals surface area contributed by atoms with Gasteiger partial charge in [-0.2, -0.15) is 0 Å². The molecule has 0 fully saturated rings. The maximum atomic E-state index is 12.5. The van der Waals surface area contributed by atoms with Crippen molar-refractivity contribution in [2.75, 3.05) is 17.9 Å². The van der Waals surface area contributed by atoms with Gasteiger partial charge in [0.2, 0.25) is 0 Å². The summed E-state index contributed by atoms with van der Waals surface area (Å²) in [5, 5.41) is 2.55. The predicted octanol–water partition coefficient (Wildman–Crippen LogP) is 2.57. The number of hydrogen-bond acceptors (Lipinski definition) is 6. The van der Waals surface area contributed by atoms with E-state index in [1.54, 1.807) is 31.2 Å².